The molecule has 0 aromatic heterocycles. The van der Waals surface area contributed by atoms with Crippen LogP contribution in [0, 0.1) is 10.1 Å². The number of carbonyl (C=O) groups excluding carboxylic acids is 2. The van der Waals surface area contributed by atoms with Crippen LogP contribution in [0.25, 0.3) is 0 Å². The number of carbonyl (C=O) groups is 2. The Morgan fingerprint density at radius 2 is 1.89 bits per heavy atom. The third-order valence-corrected chi connectivity index (χ3v) is 4.00. The topological polar surface area (TPSA) is 108 Å². The van der Waals surface area contributed by atoms with E-state index in [1.165, 1.54) is 44.4 Å². The van der Waals surface area contributed by atoms with Gasteiger partial charge in [-0.3, -0.25) is 14.9 Å². The molecule has 2 aromatic rings. The number of nitrogens with zero attached hydrogens (tertiary/aromatic N) is 1. The number of esters is 1. The van der Waals surface area contributed by atoms with Gasteiger partial charge in [-0.05, 0) is 37.3 Å². The Balaban J connectivity index is 2.09. The Bertz CT molecular complexity index is 903. The molecule has 0 unspecified atom stereocenters. The summed E-state index contributed by atoms with van der Waals surface area (Å²) in [5.74, 6) is -1.53. The molecule has 1 N–H and O–H groups in total. The van der Waals surface area contributed by atoms with Crippen molar-refractivity contribution in [2.24, 2.45) is 0 Å². The van der Waals surface area contributed by atoms with E-state index >= 15 is 0 Å². The number of methoxy groups -OCH3 is 1. The van der Waals surface area contributed by atoms with E-state index in [0.29, 0.717) is 10.7 Å². The highest BCUT2D eigenvalue weighted by Crippen LogP contribution is 2.28. The summed E-state index contributed by atoms with van der Waals surface area (Å²) in [4.78, 5) is 34.7. The van der Waals surface area contributed by atoms with Crippen molar-refractivity contribution >= 4 is 46.5 Å². The van der Waals surface area contributed by atoms with Gasteiger partial charge in [-0.1, -0.05) is 23.2 Å². The van der Waals surface area contributed by atoms with Crippen LogP contribution in [-0.2, 0) is 9.53 Å². The van der Waals surface area contributed by atoms with Crippen LogP contribution in [0.2, 0.25) is 10.0 Å². The zero-order valence-electron chi connectivity index (χ0n) is 14.2. The number of hydrogen-bond acceptors (Lipinski definition) is 6. The van der Waals surface area contributed by atoms with Crippen LogP contribution in [-0.4, -0.2) is 30.0 Å². The molecule has 0 radical (unpaired) electrons. The maximum absolute atomic E-state index is 12.2. The van der Waals surface area contributed by atoms with Crippen molar-refractivity contribution in [3.05, 3.63) is 62.1 Å². The van der Waals surface area contributed by atoms with E-state index in [1.807, 2.05) is 0 Å². The van der Waals surface area contributed by atoms with Crippen LogP contribution in [0.5, 0.6) is 5.75 Å². The predicted molar refractivity (Wildman–Crippen MR) is 99.6 cm³/mol. The molecule has 27 heavy (non-hydrogen) atoms. The minimum absolute atomic E-state index is 0.000258. The molecule has 0 bridgehead atoms. The molecule has 1 atom stereocenters. The molecule has 10 heteroatoms. The summed E-state index contributed by atoms with van der Waals surface area (Å²) >= 11 is 11.8. The lowest BCUT2D eigenvalue weighted by atomic mass is 10.2. The van der Waals surface area contributed by atoms with Gasteiger partial charge in [0.25, 0.3) is 5.91 Å². The van der Waals surface area contributed by atoms with E-state index in [0.717, 1.165) is 6.07 Å². The molecule has 142 valence electrons. The first-order valence-corrected chi connectivity index (χ1v) is 8.28. The summed E-state index contributed by atoms with van der Waals surface area (Å²) in [5, 5.41) is 14.2. The fourth-order valence-corrected chi connectivity index (χ4v) is 2.52. The number of ether oxygens (including phenoxy) is 2. The second kappa shape index (κ2) is 8.70. The standard InChI is InChI=1S/C17H14Cl2N2O6/c1-9(16(22)20-13-5-4-11(18)8-12(13)19)27-17(23)10-3-6-15(26-2)14(7-10)21(24)25/h3-9H,1-2H3,(H,20,22)/t9-/m1/s1. The number of halogens is 2. The molecule has 0 saturated carbocycles. The van der Waals surface area contributed by atoms with Crippen LogP contribution in [0.15, 0.2) is 36.4 Å². The summed E-state index contributed by atoms with van der Waals surface area (Å²) < 4.78 is 9.93. The smallest absolute Gasteiger partial charge is 0.339 e. The highest BCUT2D eigenvalue weighted by Gasteiger charge is 2.23. The van der Waals surface area contributed by atoms with Gasteiger partial charge in [-0.2, -0.15) is 0 Å². The van der Waals surface area contributed by atoms with Crippen LogP contribution < -0.4 is 10.1 Å². The molecule has 1 amide bonds. The van der Waals surface area contributed by atoms with Gasteiger partial charge in [0.15, 0.2) is 11.9 Å². The van der Waals surface area contributed by atoms with Gasteiger partial charge in [0.05, 0.1) is 28.3 Å². The number of amides is 1. The Morgan fingerprint density at radius 3 is 2.48 bits per heavy atom. The van der Waals surface area contributed by atoms with Crippen molar-refractivity contribution in [3.8, 4) is 5.75 Å². The number of nitro groups is 1. The van der Waals surface area contributed by atoms with Crippen molar-refractivity contribution in [3.63, 3.8) is 0 Å². The second-order valence-electron chi connectivity index (χ2n) is 5.30. The third kappa shape index (κ3) is 5.08. The van der Waals surface area contributed by atoms with Crippen molar-refractivity contribution < 1.29 is 24.0 Å². The molecule has 2 aromatic carbocycles. The van der Waals surface area contributed by atoms with E-state index in [4.69, 9.17) is 32.7 Å². The first-order valence-electron chi connectivity index (χ1n) is 7.52. The van der Waals surface area contributed by atoms with Gasteiger partial charge in [0.2, 0.25) is 0 Å². The Morgan fingerprint density at radius 1 is 1.19 bits per heavy atom. The molecular weight excluding hydrogens is 399 g/mol. The van der Waals surface area contributed by atoms with Crippen molar-refractivity contribution in [1.29, 1.82) is 0 Å². The normalized spacial score (nSPS) is 11.4. The molecular formula is C17H14Cl2N2O6. The molecule has 0 fully saturated rings. The SMILES string of the molecule is COc1ccc(C(=O)O[C@H](C)C(=O)Nc2ccc(Cl)cc2Cl)cc1[N+](=O)[O-]. The lowest BCUT2D eigenvalue weighted by Crippen LogP contribution is -2.30. The Labute approximate surface area is 164 Å². The summed E-state index contributed by atoms with van der Waals surface area (Å²) in [6.07, 6.45) is -1.18. The lowest BCUT2D eigenvalue weighted by molar-refractivity contribution is -0.385. The van der Waals surface area contributed by atoms with E-state index < -0.39 is 28.6 Å². The zero-order valence-corrected chi connectivity index (χ0v) is 15.7. The molecule has 0 spiro atoms. The maximum atomic E-state index is 12.2. The van der Waals surface area contributed by atoms with Crippen LogP contribution in [0.3, 0.4) is 0 Å². The number of benzene rings is 2. The molecule has 0 heterocycles. The number of hydrogen-bond donors (Lipinski definition) is 1. The third-order valence-electron chi connectivity index (χ3n) is 3.45. The fraction of sp³-hybridized carbons (Fsp3) is 0.176. The summed E-state index contributed by atoms with van der Waals surface area (Å²) in [6.45, 7) is 1.36. The molecule has 2 rings (SSSR count). The number of nitro benzene ring substituents is 1. The van der Waals surface area contributed by atoms with E-state index in [2.05, 4.69) is 5.32 Å². The van der Waals surface area contributed by atoms with Gasteiger partial charge in [0, 0.05) is 11.1 Å². The Hall–Kier alpha value is -2.84. The highest BCUT2D eigenvalue weighted by atomic mass is 35.5. The lowest BCUT2D eigenvalue weighted by Gasteiger charge is -2.14. The van der Waals surface area contributed by atoms with E-state index in [9.17, 15) is 19.7 Å². The van der Waals surface area contributed by atoms with E-state index in [1.54, 1.807) is 0 Å². The van der Waals surface area contributed by atoms with E-state index in [-0.39, 0.29) is 16.3 Å². The van der Waals surface area contributed by atoms with Gasteiger partial charge in [0.1, 0.15) is 0 Å². The maximum Gasteiger partial charge on any atom is 0.339 e. The minimum Gasteiger partial charge on any atom is -0.490 e. The molecule has 0 aliphatic heterocycles. The first-order chi connectivity index (χ1) is 12.7. The number of anilines is 1. The molecule has 8 nitrogen and oxygen atoms in total. The molecule has 0 aliphatic carbocycles. The molecule has 0 saturated heterocycles. The largest absolute Gasteiger partial charge is 0.490 e. The van der Waals surface area contributed by atoms with Gasteiger partial charge in [-0.15, -0.1) is 0 Å². The Kier molecular flexibility index (Phi) is 6.59. The van der Waals surface area contributed by atoms with Crippen molar-refractivity contribution in [2.75, 3.05) is 12.4 Å². The van der Waals surface area contributed by atoms with Gasteiger partial charge < -0.3 is 14.8 Å². The summed E-state index contributed by atoms with van der Waals surface area (Å²) in [7, 11) is 1.27. The van der Waals surface area contributed by atoms with Crippen molar-refractivity contribution in [1.82, 2.24) is 0 Å². The quantitative estimate of drug-likeness (QED) is 0.434. The van der Waals surface area contributed by atoms with Crippen LogP contribution >= 0.6 is 23.2 Å². The number of nitrogens with one attached hydrogen (secondary N) is 1. The average Bonchev–Trinajstić information content (AvgIpc) is 2.63. The summed E-state index contributed by atoms with van der Waals surface area (Å²) in [6, 6.07) is 8.08. The zero-order chi connectivity index (χ0) is 20.1. The monoisotopic (exact) mass is 412 g/mol. The van der Waals surface area contributed by atoms with Crippen LogP contribution in [0.1, 0.15) is 17.3 Å². The highest BCUT2D eigenvalue weighted by molar-refractivity contribution is 6.36. The predicted octanol–water partition coefficient (Wildman–Crippen LogP) is 4.09. The molecule has 0 aliphatic rings. The van der Waals surface area contributed by atoms with Crippen LogP contribution in [0.4, 0.5) is 11.4 Å². The second-order valence-corrected chi connectivity index (χ2v) is 6.15. The first kappa shape index (κ1) is 20.5. The number of rotatable bonds is 6. The van der Waals surface area contributed by atoms with Gasteiger partial charge >= 0.3 is 11.7 Å². The summed E-state index contributed by atoms with van der Waals surface area (Å²) in [5.41, 5.74) is -0.183. The minimum atomic E-state index is -1.18. The van der Waals surface area contributed by atoms with Gasteiger partial charge in [-0.25, -0.2) is 4.79 Å². The average molecular weight is 413 g/mol. The fourth-order valence-electron chi connectivity index (χ4n) is 2.07. The van der Waals surface area contributed by atoms with Crippen molar-refractivity contribution in [2.45, 2.75) is 13.0 Å².